The first kappa shape index (κ1) is 20.7. The number of nitrogen functional groups attached to an aromatic ring is 1. The third-order valence-corrected chi connectivity index (χ3v) is 4.76. The molecule has 0 saturated heterocycles. The summed E-state index contributed by atoms with van der Waals surface area (Å²) in [6.07, 6.45) is 0.935. The summed E-state index contributed by atoms with van der Waals surface area (Å²) in [6.45, 7) is 10.5. The Morgan fingerprint density at radius 1 is 1.19 bits per heavy atom. The average Bonchev–Trinajstić information content (AvgIpc) is 2.63. The van der Waals surface area contributed by atoms with Crippen LogP contribution in [0.3, 0.4) is 0 Å². The van der Waals surface area contributed by atoms with Gasteiger partial charge < -0.3 is 21.2 Å². The quantitative estimate of drug-likeness (QED) is 0.388. The van der Waals surface area contributed by atoms with Crippen LogP contribution in [0, 0.1) is 17.1 Å². The molecule has 0 radical (unpaired) electrons. The van der Waals surface area contributed by atoms with Crippen molar-refractivity contribution in [1.82, 2.24) is 0 Å². The van der Waals surface area contributed by atoms with Gasteiger partial charge in [0.1, 0.15) is 17.3 Å². The van der Waals surface area contributed by atoms with Gasteiger partial charge in [0.05, 0.1) is 6.61 Å². The van der Waals surface area contributed by atoms with Crippen molar-refractivity contribution in [3.05, 3.63) is 47.3 Å². The van der Waals surface area contributed by atoms with Crippen LogP contribution in [0.4, 0.5) is 21.5 Å². The molecular formula is C22H30FN3O. The molecule has 4 N–H and O–H groups in total. The molecule has 0 saturated carbocycles. The highest BCUT2D eigenvalue weighted by Crippen LogP contribution is 2.39. The number of hydrogen-bond donors (Lipinski definition) is 3. The molecule has 0 heterocycles. The van der Waals surface area contributed by atoms with Gasteiger partial charge >= 0.3 is 0 Å². The first-order valence-corrected chi connectivity index (χ1v) is 9.50. The van der Waals surface area contributed by atoms with E-state index in [0.29, 0.717) is 40.7 Å². The van der Waals surface area contributed by atoms with Gasteiger partial charge in [0.15, 0.2) is 0 Å². The molecule has 0 spiro atoms. The number of halogens is 1. The minimum atomic E-state index is -0.372. The molecular weight excluding hydrogens is 341 g/mol. The fourth-order valence-electron chi connectivity index (χ4n) is 2.94. The van der Waals surface area contributed by atoms with Crippen molar-refractivity contribution in [2.24, 2.45) is 5.92 Å². The second-order valence-electron chi connectivity index (χ2n) is 7.08. The van der Waals surface area contributed by atoms with Gasteiger partial charge in [0, 0.05) is 22.6 Å². The molecule has 2 rings (SSSR count). The Balaban J connectivity index is 2.44. The van der Waals surface area contributed by atoms with Crippen LogP contribution < -0.4 is 15.8 Å². The van der Waals surface area contributed by atoms with Crippen molar-refractivity contribution >= 4 is 22.8 Å². The first-order valence-electron chi connectivity index (χ1n) is 9.50. The lowest BCUT2D eigenvalue weighted by molar-refractivity contribution is 0.334. The molecule has 5 heteroatoms. The first-order chi connectivity index (χ1) is 12.8. The number of hydrogen-bond acceptors (Lipinski definition) is 4. The lowest BCUT2D eigenvalue weighted by atomic mass is 9.96. The standard InChI is InChI=1S/C22H30FN3O/c1-6-14(5)16-10-11-18(23)21(22(16)27-7-2)26-15-8-9-17(19(24)12-15)20(25)13(3)4/h8-14,25-26H,6-7,24H2,1-5H3. The van der Waals surface area contributed by atoms with Gasteiger partial charge in [0.25, 0.3) is 0 Å². The molecule has 2 aromatic carbocycles. The number of anilines is 3. The zero-order chi connectivity index (χ0) is 20.1. The Morgan fingerprint density at radius 3 is 2.44 bits per heavy atom. The van der Waals surface area contributed by atoms with Crippen LogP contribution in [-0.4, -0.2) is 12.3 Å². The maximum absolute atomic E-state index is 14.6. The lowest BCUT2D eigenvalue weighted by Crippen LogP contribution is -2.11. The smallest absolute Gasteiger partial charge is 0.150 e. The van der Waals surface area contributed by atoms with Gasteiger partial charge in [0.2, 0.25) is 0 Å². The highest BCUT2D eigenvalue weighted by atomic mass is 19.1. The summed E-state index contributed by atoms with van der Waals surface area (Å²) in [5.41, 5.74) is 9.79. The van der Waals surface area contributed by atoms with E-state index in [0.717, 1.165) is 12.0 Å². The Bertz CT molecular complexity index is 817. The number of ether oxygens (including phenoxy) is 1. The molecule has 0 aliphatic rings. The summed E-state index contributed by atoms with van der Waals surface area (Å²) in [7, 11) is 0. The summed E-state index contributed by atoms with van der Waals surface area (Å²) >= 11 is 0. The van der Waals surface area contributed by atoms with Crippen LogP contribution in [-0.2, 0) is 0 Å². The van der Waals surface area contributed by atoms with Crippen molar-refractivity contribution in [1.29, 1.82) is 5.41 Å². The number of rotatable bonds is 8. The maximum atomic E-state index is 14.6. The van der Waals surface area contributed by atoms with Crippen molar-refractivity contribution in [2.75, 3.05) is 17.7 Å². The van der Waals surface area contributed by atoms with E-state index < -0.39 is 0 Å². The minimum Gasteiger partial charge on any atom is -0.491 e. The van der Waals surface area contributed by atoms with Gasteiger partial charge in [-0.15, -0.1) is 0 Å². The SMILES string of the molecule is CCOc1c(C(C)CC)ccc(F)c1Nc1ccc(C(=N)C(C)C)c(N)c1. The molecule has 2 aromatic rings. The van der Waals surface area contributed by atoms with Crippen LogP contribution in [0.5, 0.6) is 5.75 Å². The molecule has 0 aromatic heterocycles. The van der Waals surface area contributed by atoms with Gasteiger partial charge in [-0.25, -0.2) is 4.39 Å². The van der Waals surface area contributed by atoms with Crippen molar-refractivity contribution in [3.8, 4) is 5.75 Å². The molecule has 1 unspecified atom stereocenters. The topological polar surface area (TPSA) is 71.1 Å². The summed E-state index contributed by atoms with van der Waals surface area (Å²) < 4.78 is 20.4. The van der Waals surface area contributed by atoms with Gasteiger partial charge in [-0.2, -0.15) is 0 Å². The number of nitrogens with one attached hydrogen (secondary N) is 2. The predicted molar refractivity (Wildman–Crippen MR) is 112 cm³/mol. The van der Waals surface area contributed by atoms with Crippen LogP contribution in [0.2, 0.25) is 0 Å². The summed E-state index contributed by atoms with van der Waals surface area (Å²) in [5.74, 6) is 0.513. The van der Waals surface area contributed by atoms with E-state index in [2.05, 4.69) is 19.2 Å². The van der Waals surface area contributed by atoms with Crippen molar-refractivity contribution in [3.63, 3.8) is 0 Å². The van der Waals surface area contributed by atoms with Gasteiger partial charge in [-0.3, -0.25) is 0 Å². The molecule has 146 valence electrons. The summed E-state index contributed by atoms with van der Waals surface area (Å²) in [5, 5.41) is 11.3. The Hall–Kier alpha value is -2.56. The largest absolute Gasteiger partial charge is 0.491 e. The maximum Gasteiger partial charge on any atom is 0.150 e. The Morgan fingerprint density at radius 2 is 1.89 bits per heavy atom. The van der Waals surface area contributed by atoms with E-state index in [1.165, 1.54) is 6.07 Å². The molecule has 0 aliphatic heterocycles. The Labute approximate surface area is 161 Å². The Kier molecular flexibility index (Phi) is 6.83. The van der Waals surface area contributed by atoms with Gasteiger partial charge in [-0.1, -0.05) is 33.8 Å². The third-order valence-electron chi connectivity index (χ3n) is 4.76. The van der Waals surface area contributed by atoms with Crippen molar-refractivity contribution in [2.45, 2.75) is 47.0 Å². The molecule has 27 heavy (non-hydrogen) atoms. The highest BCUT2D eigenvalue weighted by Gasteiger charge is 2.19. The van der Waals surface area contributed by atoms with Crippen molar-refractivity contribution < 1.29 is 9.13 Å². The van der Waals surface area contributed by atoms with Crippen LogP contribution >= 0.6 is 0 Å². The van der Waals surface area contributed by atoms with E-state index in [4.69, 9.17) is 15.9 Å². The van der Waals surface area contributed by atoms with E-state index in [-0.39, 0.29) is 17.7 Å². The van der Waals surface area contributed by atoms with E-state index in [1.807, 2.05) is 26.8 Å². The zero-order valence-corrected chi connectivity index (χ0v) is 16.8. The molecule has 0 amide bonds. The number of nitrogens with two attached hydrogens (primary N) is 1. The second-order valence-corrected chi connectivity index (χ2v) is 7.08. The molecule has 0 fully saturated rings. The predicted octanol–water partition coefficient (Wildman–Crippen LogP) is 6.09. The van der Waals surface area contributed by atoms with E-state index in [1.54, 1.807) is 18.2 Å². The normalized spacial score (nSPS) is 12.1. The molecule has 0 bridgehead atoms. The van der Waals surface area contributed by atoms with Crippen LogP contribution in [0.1, 0.15) is 58.1 Å². The summed E-state index contributed by atoms with van der Waals surface area (Å²) in [6, 6.07) is 8.61. The van der Waals surface area contributed by atoms with Crippen LogP contribution in [0.25, 0.3) is 0 Å². The molecule has 4 nitrogen and oxygen atoms in total. The number of benzene rings is 2. The molecule has 1 atom stereocenters. The van der Waals surface area contributed by atoms with Gasteiger partial charge in [-0.05, 0) is 55.0 Å². The average molecular weight is 372 g/mol. The molecule has 0 aliphatic carbocycles. The zero-order valence-electron chi connectivity index (χ0n) is 16.8. The summed E-state index contributed by atoms with van der Waals surface area (Å²) in [4.78, 5) is 0. The lowest BCUT2D eigenvalue weighted by Gasteiger charge is -2.20. The fourth-order valence-corrected chi connectivity index (χ4v) is 2.94. The third kappa shape index (κ3) is 4.59. The van der Waals surface area contributed by atoms with E-state index >= 15 is 0 Å². The monoisotopic (exact) mass is 371 g/mol. The fraction of sp³-hybridized carbons (Fsp3) is 0.409. The van der Waals surface area contributed by atoms with E-state index in [9.17, 15) is 4.39 Å². The minimum absolute atomic E-state index is 0.0836. The second kappa shape index (κ2) is 8.89. The highest BCUT2D eigenvalue weighted by molar-refractivity contribution is 6.04. The van der Waals surface area contributed by atoms with Crippen LogP contribution in [0.15, 0.2) is 30.3 Å².